The van der Waals surface area contributed by atoms with E-state index in [-0.39, 0.29) is 23.8 Å². The summed E-state index contributed by atoms with van der Waals surface area (Å²) in [5.41, 5.74) is -0.511. The number of sulfone groups is 1. The Morgan fingerprint density at radius 2 is 1.64 bits per heavy atom. The van der Waals surface area contributed by atoms with E-state index in [0.29, 0.717) is 31.4 Å². The Morgan fingerprint density at radius 1 is 1.00 bits per heavy atom. The molecule has 3 aliphatic rings. The van der Waals surface area contributed by atoms with Crippen molar-refractivity contribution >= 4 is 21.6 Å². The number of alkyl halides is 3. The number of benzene rings is 2. The standard InChI is InChI=1S/C29H36F3N3O3S/c1-33(2)28(22-10-5-4-6-11-22)16-14-27(15-17-28)20-34(26(36)35(27)19-21-8-7-9-21)24-13-12-23(29(30,31)32)18-25(24)39(3,37)38/h4-6,10-13,18,21H,7-9,14-17,19-20H2,1-3H3/t27-,28+. The number of nitrogens with zero attached hydrogens (tertiary/aromatic N) is 3. The monoisotopic (exact) mass is 563 g/mol. The van der Waals surface area contributed by atoms with Crippen LogP contribution in [0.1, 0.15) is 56.1 Å². The second kappa shape index (κ2) is 9.80. The molecule has 3 fully saturated rings. The van der Waals surface area contributed by atoms with Gasteiger partial charge in [0, 0.05) is 18.3 Å². The zero-order valence-electron chi connectivity index (χ0n) is 22.7. The first-order valence-corrected chi connectivity index (χ1v) is 15.4. The van der Waals surface area contributed by atoms with E-state index in [1.807, 2.05) is 23.1 Å². The first-order valence-electron chi connectivity index (χ1n) is 13.5. The summed E-state index contributed by atoms with van der Waals surface area (Å²) in [6.07, 6.45) is 2.43. The molecular weight excluding hydrogens is 527 g/mol. The van der Waals surface area contributed by atoms with Gasteiger partial charge in [0.2, 0.25) is 0 Å². The highest BCUT2D eigenvalue weighted by Crippen LogP contribution is 2.51. The van der Waals surface area contributed by atoms with Gasteiger partial charge in [-0.25, -0.2) is 13.2 Å². The third kappa shape index (κ3) is 4.94. The quantitative estimate of drug-likeness (QED) is 0.438. The maximum absolute atomic E-state index is 14.0. The molecule has 2 aromatic rings. The van der Waals surface area contributed by atoms with Crippen molar-refractivity contribution in [2.75, 3.05) is 38.3 Å². The highest BCUT2D eigenvalue weighted by atomic mass is 32.2. The molecule has 0 bridgehead atoms. The number of anilines is 1. The SMILES string of the molecule is CN(C)[C@]1(c2ccccc2)CC[C@]2(CC1)CN(c1ccc(C(F)(F)F)cc1S(C)(=O)=O)C(=O)N2CC1CCC1. The molecule has 0 unspecified atom stereocenters. The number of halogens is 3. The van der Waals surface area contributed by atoms with Crippen molar-refractivity contribution in [1.82, 2.24) is 9.80 Å². The molecule has 0 N–H and O–H groups in total. The Morgan fingerprint density at radius 3 is 2.15 bits per heavy atom. The van der Waals surface area contributed by atoms with Crippen LogP contribution < -0.4 is 4.90 Å². The first kappa shape index (κ1) is 28.0. The summed E-state index contributed by atoms with van der Waals surface area (Å²) in [4.78, 5) is 19.1. The molecule has 212 valence electrons. The van der Waals surface area contributed by atoms with Crippen LogP contribution in [0.4, 0.5) is 23.7 Å². The van der Waals surface area contributed by atoms with E-state index in [2.05, 4.69) is 31.1 Å². The van der Waals surface area contributed by atoms with Crippen molar-refractivity contribution in [3.05, 3.63) is 59.7 Å². The van der Waals surface area contributed by atoms with Crippen molar-refractivity contribution < 1.29 is 26.4 Å². The topological polar surface area (TPSA) is 60.9 Å². The minimum Gasteiger partial charge on any atom is -0.317 e. The fraction of sp³-hybridized carbons (Fsp3) is 0.552. The average Bonchev–Trinajstić information content (AvgIpc) is 3.11. The average molecular weight is 564 g/mol. The van der Waals surface area contributed by atoms with Crippen LogP contribution in [-0.2, 0) is 21.6 Å². The second-order valence-electron chi connectivity index (χ2n) is 11.7. The Labute approximate surface area is 228 Å². The van der Waals surface area contributed by atoms with Gasteiger partial charge in [-0.05, 0) is 82.3 Å². The first-order chi connectivity index (χ1) is 18.3. The van der Waals surface area contributed by atoms with Gasteiger partial charge in [0.1, 0.15) is 0 Å². The van der Waals surface area contributed by atoms with Crippen LogP contribution >= 0.6 is 0 Å². The van der Waals surface area contributed by atoms with Gasteiger partial charge in [0.25, 0.3) is 0 Å². The van der Waals surface area contributed by atoms with Crippen molar-refractivity contribution in [1.29, 1.82) is 0 Å². The number of hydrogen-bond acceptors (Lipinski definition) is 4. The predicted octanol–water partition coefficient (Wildman–Crippen LogP) is 5.92. The van der Waals surface area contributed by atoms with Crippen LogP contribution in [0.5, 0.6) is 0 Å². The molecule has 39 heavy (non-hydrogen) atoms. The van der Waals surface area contributed by atoms with E-state index in [9.17, 15) is 26.4 Å². The summed E-state index contributed by atoms with van der Waals surface area (Å²) >= 11 is 0. The molecule has 6 nitrogen and oxygen atoms in total. The summed E-state index contributed by atoms with van der Waals surface area (Å²) in [5.74, 6) is 0.391. The minimum absolute atomic E-state index is 0.0264. The Bertz CT molecular complexity index is 1330. The molecule has 1 saturated heterocycles. The normalized spacial score (nSPS) is 26.5. The lowest BCUT2D eigenvalue weighted by molar-refractivity contribution is -0.137. The van der Waals surface area contributed by atoms with E-state index in [1.54, 1.807) is 0 Å². The highest BCUT2D eigenvalue weighted by Gasteiger charge is 2.55. The number of rotatable bonds is 6. The number of carbonyl (C=O) groups is 1. The van der Waals surface area contributed by atoms with Gasteiger partial charge in [-0.3, -0.25) is 9.80 Å². The van der Waals surface area contributed by atoms with Crippen LogP contribution in [0.15, 0.2) is 53.4 Å². The van der Waals surface area contributed by atoms with Crippen molar-refractivity contribution in [2.45, 2.75) is 67.1 Å². The zero-order chi connectivity index (χ0) is 28.2. The van der Waals surface area contributed by atoms with Gasteiger partial charge in [-0.1, -0.05) is 36.8 Å². The smallest absolute Gasteiger partial charge is 0.317 e. The van der Waals surface area contributed by atoms with E-state index in [0.717, 1.165) is 50.5 Å². The van der Waals surface area contributed by atoms with Crippen molar-refractivity contribution in [3.8, 4) is 0 Å². The summed E-state index contributed by atoms with van der Waals surface area (Å²) in [7, 11) is 0.108. The summed E-state index contributed by atoms with van der Waals surface area (Å²) in [6.45, 7) is 0.842. The molecule has 2 saturated carbocycles. The van der Waals surface area contributed by atoms with E-state index >= 15 is 0 Å². The van der Waals surface area contributed by atoms with Gasteiger partial charge in [0.05, 0.1) is 28.2 Å². The number of amides is 2. The third-order valence-corrected chi connectivity index (χ3v) is 10.4. The summed E-state index contributed by atoms with van der Waals surface area (Å²) < 4.78 is 65.7. The summed E-state index contributed by atoms with van der Waals surface area (Å²) in [5, 5.41) is 0. The zero-order valence-corrected chi connectivity index (χ0v) is 23.5. The van der Waals surface area contributed by atoms with E-state index in [1.165, 1.54) is 10.5 Å². The van der Waals surface area contributed by atoms with E-state index < -0.39 is 32.0 Å². The van der Waals surface area contributed by atoms with Crippen LogP contribution in [0, 0.1) is 5.92 Å². The van der Waals surface area contributed by atoms with Gasteiger partial charge < -0.3 is 4.90 Å². The van der Waals surface area contributed by atoms with Crippen LogP contribution in [0.25, 0.3) is 0 Å². The van der Waals surface area contributed by atoms with Crippen LogP contribution in [-0.4, -0.2) is 63.2 Å². The Hall–Kier alpha value is -2.59. The minimum atomic E-state index is -4.69. The Balaban J connectivity index is 1.53. The maximum Gasteiger partial charge on any atom is 0.416 e. The number of carbonyl (C=O) groups excluding carboxylic acids is 1. The molecule has 1 heterocycles. The number of urea groups is 1. The molecule has 5 rings (SSSR count). The lowest BCUT2D eigenvalue weighted by atomic mass is 9.68. The van der Waals surface area contributed by atoms with Gasteiger partial charge >= 0.3 is 12.2 Å². The van der Waals surface area contributed by atoms with Gasteiger partial charge in [0.15, 0.2) is 9.84 Å². The molecule has 10 heteroatoms. The lowest BCUT2D eigenvalue weighted by Crippen LogP contribution is -2.56. The third-order valence-electron chi connectivity index (χ3n) is 9.30. The summed E-state index contributed by atoms with van der Waals surface area (Å²) in [6, 6.07) is 12.7. The van der Waals surface area contributed by atoms with Crippen LogP contribution in [0.3, 0.4) is 0 Å². The molecular formula is C29H36F3N3O3S. The van der Waals surface area contributed by atoms with Crippen molar-refractivity contribution in [2.24, 2.45) is 5.92 Å². The molecule has 0 radical (unpaired) electrons. The fourth-order valence-electron chi connectivity index (χ4n) is 6.70. The Kier molecular flexibility index (Phi) is 7.02. The van der Waals surface area contributed by atoms with Gasteiger partial charge in [-0.2, -0.15) is 13.2 Å². The second-order valence-corrected chi connectivity index (χ2v) is 13.7. The molecule has 1 aliphatic heterocycles. The molecule has 2 amide bonds. The van der Waals surface area contributed by atoms with Crippen molar-refractivity contribution in [3.63, 3.8) is 0 Å². The molecule has 0 atom stereocenters. The largest absolute Gasteiger partial charge is 0.416 e. The highest BCUT2D eigenvalue weighted by molar-refractivity contribution is 7.90. The lowest BCUT2D eigenvalue weighted by Gasteiger charge is -2.51. The van der Waals surface area contributed by atoms with E-state index in [4.69, 9.17) is 0 Å². The molecule has 1 spiro atoms. The maximum atomic E-state index is 14.0. The molecule has 2 aromatic carbocycles. The molecule has 0 aromatic heterocycles. The van der Waals surface area contributed by atoms with Gasteiger partial charge in [-0.15, -0.1) is 0 Å². The predicted molar refractivity (Wildman–Crippen MR) is 144 cm³/mol. The van der Waals surface area contributed by atoms with Crippen LogP contribution in [0.2, 0.25) is 0 Å². The fourth-order valence-corrected chi connectivity index (χ4v) is 7.60. The molecule has 2 aliphatic carbocycles. The number of hydrogen-bond donors (Lipinski definition) is 0.